The molecule has 2 aromatic carbocycles. The van der Waals surface area contributed by atoms with E-state index in [1.54, 1.807) is 24.3 Å². The van der Waals surface area contributed by atoms with Crippen LogP contribution in [0.25, 0.3) is 0 Å². The molecular formula is C15H13ClN2O3. The lowest BCUT2D eigenvalue weighted by molar-refractivity contribution is -0.119. The molecular weight excluding hydrogens is 292 g/mol. The van der Waals surface area contributed by atoms with Crippen molar-refractivity contribution in [2.24, 2.45) is 0 Å². The second-order valence-corrected chi connectivity index (χ2v) is 4.70. The highest BCUT2D eigenvalue weighted by Crippen LogP contribution is 2.17. The van der Waals surface area contributed by atoms with Crippen LogP contribution in [0.4, 0.5) is 11.4 Å². The summed E-state index contributed by atoms with van der Waals surface area (Å²) in [6, 6.07) is 13.2. The third-order valence-corrected chi connectivity index (χ3v) is 2.77. The fraction of sp³-hybridized carbons (Fsp3) is 0.0667. The lowest BCUT2D eigenvalue weighted by Gasteiger charge is -2.07. The van der Waals surface area contributed by atoms with E-state index in [0.29, 0.717) is 16.4 Å². The molecule has 6 heteroatoms. The highest BCUT2D eigenvalue weighted by atomic mass is 35.5. The third-order valence-electron chi connectivity index (χ3n) is 2.55. The zero-order chi connectivity index (χ0) is 15.2. The molecule has 2 aromatic rings. The summed E-state index contributed by atoms with van der Waals surface area (Å²) >= 11 is 5.80. The molecule has 0 spiro atoms. The molecule has 21 heavy (non-hydrogen) atoms. The molecule has 0 aliphatic carbocycles. The largest absolute Gasteiger partial charge is 0.452 e. The lowest BCUT2D eigenvalue weighted by atomic mass is 10.2. The lowest BCUT2D eigenvalue weighted by Crippen LogP contribution is -2.20. The number of halogens is 1. The second-order valence-electron chi connectivity index (χ2n) is 4.26. The molecule has 0 bridgehead atoms. The van der Waals surface area contributed by atoms with E-state index in [2.05, 4.69) is 5.32 Å². The summed E-state index contributed by atoms with van der Waals surface area (Å²) in [7, 11) is 0. The average Bonchev–Trinajstić information content (AvgIpc) is 2.45. The van der Waals surface area contributed by atoms with E-state index in [0.717, 1.165) is 0 Å². The molecule has 0 saturated carbocycles. The topological polar surface area (TPSA) is 81.4 Å². The van der Waals surface area contributed by atoms with Crippen LogP contribution >= 0.6 is 11.6 Å². The summed E-state index contributed by atoms with van der Waals surface area (Å²) in [4.78, 5) is 23.4. The number of carbonyl (C=O) groups is 2. The molecule has 3 N–H and O–H groups in total. The maximum absolute atomic E-state index is 11.8. The van der Waals surface area contributed by atoms with Crippen LogP contribution in [0.2, 0.25) is 5.02 Å². The van der Waals surface area contributed by atoms with Gasteiger partial charge in [-0.2, -0.15) is 0 Å². The van der Waals surface area contributed by atoms with Crippen LogP contribution < -0.4 is 11.1 Å². The van der Waals surface area contributed by atoms with Gasteiger partial charge in [0.1, 0.15) is 0 Å². The maximum Gasteiger partial charge on any atom is 0.338 e. The quantitative estimate of drug-likeness (QED) is 0.672. The van der Waals surface area contributed by atoms with Crippen molar-refractivity contribution in [1.29, 1.82) is 0 Å². The van der Waals surface area contributed by atoms with Gasteiger partial charge in [-0.3, -0.25) is 4.79 Å². The predicted octanol–water partition coefficient (Wildman–Crippen LogP) is 2.72. The van der Waals surface area contributed by atoms with Gasteiger partial charge in [0.25, 0.3) is 5.91 Å². The number of nitrogens with one attached hydrogen (secondary N) is 1. The number of nitrogens with two attached hydrogens (primary N) is 1. The Hall–Kier alpha value is -2.53. The van der Waals surface area contributed by atoms with Crippen LogP contribution in [0.3, 0.4) is 0 Å². The first kappa shape index (κ1) is 14.9. The van der Waals surface area contributed by atoms with Crippen molar-refractivity contribution in [3.8, 4) is 0 Å². The van der Waals surface area contributed by atoms with Gasteiger partial charge in [0.15, 0.2) is 6.61 Å². The first-order valence-corrected chi connectivity index (χ1v) is 6.50. The van der Waals surface area contributed by atoms with E-state index in [9.17, 15) is 9.59 Å². The molecule has 0 heterocycles. The van der Waals surface area contributed by atoms with Crippen LogP contribution in [-0.4, -0.2) is 18.5 Å². The Kier molecular flexibility index (Phi) is 4.79. The Balaban J connectivity index is 1.90. The summed E-state index contributed by atoms with van der Waals surface area (Å²) in [6.45, 7) is -0.389. The van der Waals surface area contributed by atoms with Gasteiger partial charge in [-0.1, -0.05) is 29.8 Å². The molecule has 1 amide bonds. The molecule has 0 aromatic heterocycles. The number of anilines is 2. The molecule has 0 aliphatic rings. The fourth-order valence-corrected chi connectivity index (χ4v) is 1.91. The highest BCUT2D eigenvalue weighted by molar-refractivity contribution is 6.31. The van der Waals surface area contributed by atoms with Gasteiger partial charge in [-0.25, -0.2) is 4.79 Å². The highest BCUT2D eigenvalue weighted by Gasteiger charge is 2.11. The van der Waals surface area contributed by atoms with Crippen molar-refractivity contribution in [3.05, 3.63) is 59.1 Å². The van der Waals surface area contributed by atoms with E-state index < -0.39 is 11.9 Å². The maximum atomic E-state index is 11.8. The van der Waals surface area contributed by atoms with Gasteiger partial charge in [0.05, 0.1) is 5.56 Å². The van der Waals surface area contributed by atoms with Crippen molar-refractivity contribution >= 4 is 34.9 Å². The molecule has 0 fully saturated rings. The molecule has 2 rings (SSSR count). The SMILES string of the molecule is Nc1cc(Cl)cc(C(=O)OCC(=O)Nc2ccccc2)c1. The van der Waals surface area contributed by atoms with Crippen molar-refractivity contribution < 1.29 is 14.3 Å². The molecule has 108 valence electrons. The van der Waals surface area contributed by atoms with Gasteiger partial charge >= 0.3 is 5.97 Å². The third kappa shape index (κ3) is 4.50. The molecule has 0 saturated heterocycles. The Morgan fingerprint density at radius 2 is 1.86 bits per heavy atom. The van der Waals surface area contributed by atoms with Gasteiger partial charge in [-0.05, 0) is 30.3 Å². The summed E-state index contributed by atoms with van der Waals surface area (Å²) in [5.74, 6) is -1.09. The number of nitrogen functional groups attached to an aromatic ring is 1. The Morgan fingerprint density at radius 1 is 1.14 bits per heavy atom. The molecule has 0 radical (unpaired) electrons. The number of para-hydroxylation sites is 1. The Bertz CT molecular complexity index is 639. The van der Waals surface area contributed by atoms with Crippen LogP contribution in [0.1, 0.15) is 10.4 Å². The summed E-state index contributed by atoms with van der Waals surface area (Å²) in [5, 5.41) is 2.93. The summed E-state index contributed by atoms with van der Waals surface area (Å²) in [6.07, 6.45) is 0. The zero-order valence-electron chi connectivity index (χ0n) is 11.0. The number of esters is 1. The Morgan fingerprint density at radius 3 is 2.52 bits per heavy atom. The molecule has 5 nitrogen and oxygen atoms in total. The first-order valence-electron chi connectivity index (χ1n) is 6.12. The van der Waals surface area contributed by atoms with Gasteiger partial charge < -0.3 is 15.8 Å². The second kappa shape index (κ2) is 6.76. The molecule has 0 aliphatic heterocycles. The number of rotatable bonds is 4. The number of hydrogen-bond acceptors (Lipinski definition) is 4. The van der Waals surface area contributed by atoms with Crippen LogP contribution in [0, 0.1) is 0 Å². The number of carbonyl (C=O) groups excluding carboxylic acids is 2. The number of benzene rings is 2. The van der Waals surface area contributed by atoms with Crippen molar-refractivity contribution in [1.82, 2.24) is 0 Å². The number of amides is 1. The smallest absolute Gasteiger partial charge is 0.338 e. The van der Waals surface area contributed by atoms with E-state index in [-0.39, 0.29) is 12.2 Å². The van der Waals surface area contributed by atoms with E-state index in [1.807, 2.05) is 6.07 Å². The Labute approximate surface area is 126 Å². The van der Waals surface area contributed by atoms with E-state index in [1.165, 1.54) is 18.2 Å². The van der Waals surface area contributed by atoms with Crippen molar-refractivity contribution in [2.75, 3.05) is 17.7 Å². The van der Waals surface area contributed by atoms with Gasteiger partial charge in [-0.15, -0.1) is 0 Å². The summed E-state index contributed by atoms with van der Waals surface area (Å²) in [5.41, 5.74) is 6.77. The van der Waals surface area contributed by atoms with Crippen molar-refractivity contribution in [2.45, 2.75) is 0 Å². The van der Waals surface area contributed by atoms with Crippen LogP contribution in [-0.2, 0) is 9.53 Å². The minimum atomic E-state index is -0.660. The number of hydrogen-bond donors (Lipinski definition) is 2. The van der Waals surface area contributed by atoms with E-state index >= 15 is 0 Å². The van der Waals surface area contributed by atoms with Crippen molar-refractivity contribution in [3.63, 3.8) is 0 Å². The minimum Gasteiger partial charge on any atom is -0.452 e. The fourth-order valence-electron chi connectivity index (χ4n) is 1.66. The normalized spacial score (nSPS) is 9.95. The minimum absolute atomic E-state index is 0.201. The molecule has 0 unspecified atom stereocenters. The standard InChI is InChI=1S/C15H13ClN2O3/c16-11-6-10(7-12(17)8-11)15(20)21-9-14(19)18-13-4-2-1-3-5-13/h1-8H,9,17H2,(H,18,19). The average molecular weight is 305 g/mol. The first-order chi connectivity index (χ1) is 10.0. The zero-order valence-corrected chi connectivity index (χ0v) is 11.8. The summed E-state index contributed by atoms with van der Waals surface area (Å²) < 4.78 is 4.91. The van der Waals surface area contributed by atoms with Crippen LogP contribution in [0.5, 0.6) is 0 Å². The van der Waals surface area contributed by atoms with Gasteiger partial charge in [0, 0.05) is 16.4 Å². The van der Waals surface area contributed by atoms with E-state index in [4.69, 9.17) is 22.1 Å². The number of ether oxygens (including phenoxy) is 1. The van der Waals surface area contributed by atoms with Crippen LogP contribution in [0.15, 0.2) is 48.5 Å². The predicted molar refractivity (Wildman–Crippen MR) is 81.2 cm³/mol. The van der Waals surface area contributed by atoms with Gasteiger partial charge in [0.2, 0.25) is 0 Å². The monoisotopic (exact) mass is 304 g/mol. The molecule has 0 atom stereocenters.